The van der Waals surface area contributed by atoms with E-state index >= 15 is 0 Å². The lowest BCUT2D eigenvalue weighted by molar-refractivity contribution is 0.0773. The molecular formula is C20H24N2O4. The fourth-order valence-corrected chi connectivity index (χ4v) is 2.59. The smallest absolute Gasteiger partial charge is 0.255 e. The highest BCUT2D eigenvalue weighted by Gasteiger charge is 2.16. The quantitative estimate of drug-likeness (QED) is 0.825. The van der Waals surface area contributed by atoms with Crippen LogP contribution in [0.3, 0.4) is 0 Å². The summed E-state index contributed by atoms with van der Waals surface area (Å²) in [7, 11) is 3.08. The van der Waals surface area contributed by atoms with E-state index in [2.05, 4.69) is 5.32 Å². The second-order valence-corrected chi connectivity index (χ2v) is 5.58. The number of ether oxygens (including phenoxy) is 2. The fourth-order valence-electron chi connectivity index (χ4n) is 2.59. The maximum atomic E-state index is 12.6. The number of carbonyl (C=O) groups excluding carboxylic acids is 2. The Labute approximate surface area is 153 Å². The van der Waals surface area contributed by atoms with Gasteiger partial charge < -0.3 is 19.7 Å². The minimum absolute atomic E-state index is 0.0939. The predicted octanol–water partition coefficient (Wildman–Crippen LogP) is 3.44. The van der Waals surface area contributed by atoms with Crippen LogP contribution in [0.1, 0.15) is 34.6 Å². The molecule has 2 rings (SSSR count). The highest BCUT2D eigenvalue weighted by atomic mass is 16.5. The van der Waals surface area contributed by atoms with Crippen LogP contribution in [0.4, 0.5) is 5.69 Å². The number of anilines is 1. The molecule has 0 aromatic heterocycles. The zero-order valence-electron chi connectivity index (χ0n) is 15.5. The molecule has 0 radical (unpaired) electrons. The molecule has 0 atom stereocenters. The number of hydrogen-bond donors (Lipinski definition) is 1. The fraction of sp³-hybridized carbons (Fsp3) is 0.300. The lowest BCUT2D eigenvalue weighted by atomic mass is 10.1. The van der Waals surface area contributed by atoms with Crippen LogP contribution in [0.5, 0.6) is 11.5 Å². The Balaban J connectivity index is 2.26. The molecule has 2 aromatic rings. The number of hydrogen-bond acceptors (Lipinski definition) is 4. The molecule has 0 spiro atoms. The third-order valence-corrected chi connectivity index (χ3v) is 4.08. The Bertz CT molecular complexity index is 785. The molecule has 6 heteroatoms. The van der Waals surface area contributed by atoms with Gasteiger partial charge in [0.25, 0.3) is 11.8 Å². The molecule has 2 aromatic carbocycles. The van der Waals surface area contributed by atoms with Gasteiger partial charge in [0, 0.05) is 30.3 Å². The van der Waals surface area contributed by atoms with E-state index in [4.69, 9.17) is 9.47 Å². The average molecular weight is 356 g/mol. The third-order valence-electron chi connectivity index (χ3n) is 4.08. The standard InChI is InChI=1S/C20H24N2O4/c1-5-22(6-2)20(24)15-9-7-8-14(12-15)19(23)21-17-13-16(25-3)10-11-18(17)26-4/h7-13H,5-6H2,1-4H3,(H,21,23). The van der Waals surface area contributed by atoms with Gasteiger partial charge in [-0.2, -0.15) is 0 Å². The van der Waals surface area contributed by atoms with Gasteiger partial charge in [0.2, 0.25) is 0 Å². The van der Waals surface area contributed by atoms with Gasteiger partial charge in [0.05, 0.1) is 19.9 Å². The molecule has 0 aliphatic heterocycles. The summed E-state index contributed by atoms with van der Waals surface area (Å²) in [4.78, 5) is 26.8. The van der Waals surface area contributed by atoms with E-state index in [1.165, 1.54) is 7.11 Å². The van der Waals surface area contributed by atoms with E-state index in [0.717, 1.165) is 0 Å². The summed E-state index contributed by atoms with van der Waals surface area (Å²) in [6.07, 6.45) is 0. The number of methoxy groups -OCH3 is 2. The Morgan fingerprint density at radius 3 is 2.27 bits per heavy atom. The molecular weight excluding hydrogens is 332 g/mol. The predicted molar refractivity (Wildman–Crippen MR) is 101 cm³/mol. The molecule has 26 heavy (non-hydrogen) atoms. The van der Waals surface area contributed by atoms with Crippen molar-refractivity contribution in [2.45, 2.75) is 13.8 Å². The minimum Gasteiger partial charge on any atom is -0.497 e. The van der Waals surface area contributed by atoms with Crippen LogP contribution in [-0.4, -0.2) is 44.0 Å². The van der Waals surface area contributed by atoms with Gasteiger partial charge in [-0.1, -0.05) is 6.07 Å². The first kappa shape index (κ1) is 19.3. The van der Waals surface area contributed by atoms with Crippen LogP contribution in [-0.2, 0) is 0 Å². The monoisotopic (exact) mass is 356 g/mol. The van der Waals surface area contributed by atoms with Gasteiger partial charge in [-0.15, -0.1) is 0 Å². The molecule has 0 saturated heterocycles. The van der Waals surface area contributed by atoms with Crippen molar-refractivity contribution in [3.8, 4) is 11.5 Å². The van der Waals surface area contributed by atoms with Crippen molar-refractivity contribution in [3.05, 3.63) is 53.6 Å². The van der Waals surface area contributed by atoms with E-state index in [1.54, 1.807) is 54.5 Å². The van der Waals surface area contributed by atoms with Crippen LogP contribution < -0.4 is 14.8 Å². The molecule has 1 N–H and O–H groups in total. The summed E-state index contributed by atoms with van der Waals surface area (Å²) in [6.45, 7) is 5.08. The van der Waals surface area contributed by atoms with Crippen molar-refractivity contribution in [1.29, 1.82) is 0 Å². The molecule has 0 fully saturated rings. The lowest BCUT2D eigenvalue weighted by Crippen LogP contribution is -2.30. The van der Waals surface area contributed by atoms with Crippen molar-refractivity contribution in [2.75, 3.05) is 32.6 Å². The summed E-state index contributed by atoms with van der Waals surface area (Å²) in [6, 6.07) is 11.8. The molecule has 0 bridgehead atoms. The highest BCUT2D eigenvalue weighted by Crippen LogP contribution is 2.29. The maximum Gasteiger partial charge on any atom is 0.255 e. The van der Waals surface area contributed by atoms with Crippen LogP contribution >= 0.6 is 0 Å². The van der Waals surface area contributed by atoms with Crippen molar-refractivity contribution >= 4 is 17.5 Å². The number of rotatable bonds is 7. The maximum absolute atomic E-state index is 12.6. The second kappa shape index (κ2) is 8.89. The normalized spacial score (nSPS) is 10.2. The van der Waals surface area contributed by atoms with Crippen LogP contribution in [0, 0.1) is 0 Å². The van der Waals surface area contributed by atoms with Crippen molar-refractivity contribution in [3.63, 3.8) is 0 Å². The molecule has 6 nitrogen and oxygen atoms in total. The van der Waals surface area contributed by atoms with Gasteiger partial charge in [-0.3, -0.25) is 9.59 Å². The van der Waals surface area contributed by atoms with Gasteiger partial charge >= 0.3 is 0 Å². The van der Waals surface area contributed by atoms with E-state index in [9.17, 15) is 9.59 Å². The topological polar surface area (TPSA) is 67.9 Å². The van der Waals surface area contributed by atoms with Gasteiger partial charge in [0.1, 0.15) is 11.5 Å². The van der Waals surface area contributed by atoms with E-state index < -0.39 is 0 Å². The van der Waals surface area contributed by atoms with E-state index in [1.807, 2.05) is 13.8 Å². The summed E-state index contributed by atoms with van der Waals surface area (Å²) in [5.74, 6) is 0.704. The molecule has 2 amide bonds. The highest BCUT2D eigenvalue weighted by molar-refractivity contribution is 6.06. The Morgan fingerprint density at radius 2 is 1.65 bits per heavy atom. The van der Waals surface area contributed by atoms with Gasteiger partial charge in [0.15, 0.2) is 0 Å². The summed E-state index contributed by atoms with van der Waals surface area (Å²) < 4.78 is 10.5. The third kappa shape index (κ3) is 4.33. The van der Waals surface area contributed by atoms with E-state index in [0.29, 0.717) is 41.4 Å². The zero-order valence-corrected chi connectivity index (χ0v) is 15.5. The summed E-state index contributed by atoms with van der Waals surface area (Å²) in [5, 5.41) is 2.81. The lowest BCUT2D eigenvalue weighted by Gasteiger charge is -2.19. The molecule has 0 aliphatic carbocycles. The Hall–Kier alpha value is -3.02. The Morgan fingerprint density at radius 1 is 0.962 bits per heavy atom. The van der Waals surface area contributed by atoms with Gasteiger partial charge in [-0.05, 0) is 44.2 Å². The number of nitrogens with zero attached hydrogens (tertiary/aromatic N) is 1. The summed E-state index contributed by atoms with van der Waals surface area (Å²) in [5.41, 5.74) is 1.38. The number of nitrogens with one attached hydrogen (secondary N) is 1. The SMILES string of the molecule is CCN(CC)C(=O)c1cccc(C(=O)Nc2cc(OC)ccc2OC)c1. The molecule has 138 valence electrons. The number of amides is 2. The van der Waals surface area contributed by atoms with Crippen molar-refractivity contribution in [1.82, 2.24) is 4.90 Å². The minimum atomic E-state index is -0.328. The van der Waals surface area contributed by atoms with Gasteiger partial charge in [-0.25, -0.2) is 0 Å². The van der Waals surface area contributed by atoms with Crippen LogP contribution in [0.2, 0.25) is 0 Å². The van der Waals surface area contributed by atoms with Crippen molar-refractivity contribution in [2.24, 2.45) is 0 Å². The summed E-state index contributed by atoms with van der Waals surface area (Å²) >= 11 is 0. The first-order chi connectivity index (χ1) is 12.5. The molecule has 0 saturated carbocycles. The number of carbonyl (C=O) groups is 2. The van der Waals surface area contributed by atoms with Crippen LogP contribution in [0.15, 0.2) is 42.5 Å². The molecule has 0 unspecified atom stereocenters. The molecule has 0 heterocycles. The Kier molecular flexibility index (Phi) is 6.60. The first-order valence-electron chi connectivity index (χ1n) is 8.46. The van der Waals surface area contributed by atoms with Crippen LogP contribution in [0.25, 0.3) is 0 Å². The first-order valence-corrected chi connectivity index (χ1v) is 8.46. The molecule has 0 aliphatic rings. The second-order valence-electron chi connectivity index (χ2n) is 5.58. The number of benzene rings is 2. The zero-order chi connectivity index (χ0) is 19.1. The largest absolute Gasteiger partial charge is 0.497 e. The van der Waals surface area contributed by atoms with E-state index in [-0.39, 0.29) is 11.8 Å². The van der Waals surface area contributed by atoms with Crippen molar-refractivity contribution < 1.29 is 19.1 Å². The average Bonchev–Trinajstić information content (AvgIpc) is 2.68.